The van der Waals surface area contributed by atoms with Crippen LogP contribution in [0.2, 0.25) is 0 Å². The molecule has 0 radical (unpaired) electrons. The summed E-state index contributed by atoms with van der Waals surface area (Å²) in [5.74, 6) is 2.18. The first kappa shape index (κ1) is 15.4. The molecule has 0 bridgehead atoms. The minimum absolute atomic E-state index is 0.429. The molecule has 3 heteroatoms. The van der Waals surface area contributed by atoms with Crippen molar-refractivity contribution >= 4 is 0 Å². The van der Waals surface area contributed by atoms with Gasteiger partial charge in [-0.2, -0.15) is 0 Å². The van der Waals surface area contributed by atoms with Gasteiger partial charge in [-0.3, -0.25) is 0 Å². The van der Waals surface area contributed by atoms with Crippen LogP contribution < -0.4 is 15.2 Å². The Morgan fingerprint density at radius 1 is 1.05 bits per heavy atom. The summed E-state index contributed by atoms with van der Waals surface area (Å²) in [4.78, 5) is 0. The number of nitrogens with two attached hydrogens (primary N) is 1. The lowest BCUT2D eigenvalue weighted by Gasteiger charge is -2.15. The van der Waals surface area contributed by atoms with Gasteiger partial charge in [-0.15, -0.1) is 0 Å². The van der Waals surface area contributed by atoms with Crippen molar-refractivity contribution in [1.29, 1.82) is 0 Å². The second-order valence-electron chi connectivity index (χ2n) is 5.33. The molecule has 0 aliphatic heterocycles. The van der Waals surface area contributed by atoms with Gasteiger partial charge in [-0.1, -0.05) is 38.1 Å². The topological polar surface area (TPSA) is 44.5 Å². The van der Waals surface area contributed by atoms with Crippen molar-refractivity contribution in [3.8, 4) is 11.5 Å². The fourth-order valence-corrected chi connectivity index (χ4v) is 2.32. The Bertz CT molecular complexity index is 594. The van der Waals surface area contributed by atoms with E-state index in [0.717, 1.165) is 22.6 Å². The van der Waals surface area contributed by atoms with Crippen LogP contribution in [0.25, 0.3) is 0 Å². The number of benzene rings is 2. The third kappa shape index (κ3) is 3.76. The minimum Gasteiger partial charge on any atom is -0.496 e. The first-order valence-corrected chi connectivity index (χ1v) is 7.23. The highest BCUT2D eigenvalue weighted by Crippen LogP contribution is 2.28. The standard InChI is InChI=1S/C18H23NO2/c1-13(2)16-6-4-5-7-18(16)21-12-15-10-14(11-19)8-9-17(15)20-3/h4-10,13H,11-12,19H2,1-3H3. The average molecular weight is 285 g/mol. The van der Waals surface area contributed by atoms with E-state index < -0.39 is 0 Å². The molecule has 0 saturated heterocycles. The van der Waals surface area contributed by atoms with E-state index >= 15 is 0 Å². The minimum atomic E-state index is 0.429. The highest BCUT2D eigenvalue weighted by Gasteiger charge is 2.09. The first-order chi connectivity index (χ1) is 10.2. The smallest absolute Gasteiger partial charge is 0.125 e. The van der Waals surface area contributed by atoms with Crippen LogP contribution >= 0.6 is 0 Å². The average Bonchev–Trinajstić information content (AvgIpc) is 2.52. The predicted octanol–water partition coefficient (Wildman–Crippen LogP) is 3.86. The van der Waals surface area contributed by atoms with Gasteiger partial charge < -0.3 is 15.2 Å². The third-order valence-electron chi connectivity index (χ3n) is 3.50. The fraction of sp³-hybridized carbons (Fsp3) is 0.333. The number of ether oxygens (including phenoxy) is 2. The van der Waals surface area contributed by atoms with Crippen LogP contribution in [0.1, 0.15) is 36.5 Å². The van der Waals surface area contributed by atoms with Crippen molar-refractivity contribution in [2.45, 2.75) is 32.9 Å². The van der Waals surface area contributed by atoms with Crippen molar-refractivity contribution in [2.75, 3.05) is 7.11 Å². The molecule has 0 unspecified atom stereocenters. The van der Waals surface area contributed by atoms with E-state index in [4.69, 9.17) is 15.2 Å². The lowest BCUT2D eigenvalue weighted by molar-refractivity contribution is 0.292. The summed E-state index contributed by atoms with van der Waals surface area (Å²) in [6.07, 6.45) is 0. The van der Waals surface area contributed by atoms with Crippen LogP contribution in [0.5, 0.6) is 11.5 Å². The molecular formula is C18H23NO2. The van der Waals surface area contributed by atoms with E-state index in [1.807, 2.05) is 36.4 Å². The van der Waals surface area contributed by atoms with Crippen molar-refractivity contribution < 1.29 is 9.47 Å². The Kier molecular flexibility index (Phi) is 5.23. The summed E-state index contributed by atoms with van der Waals surface area (Å²) in [5, 5.41) is 0. The van der Waals surface area contributed by atoms with Gasteiger partial charge in [0.2, 0.25) is 0 Å². The van der Waals surface area contributed by atoms with E-state index in [2.05, 4.69) is 19.9 Å². The molecule has 112 valence electrons. The van der Waals surface area contributed by atoms with Gasteiger partial charge in [-0.25, -0.2) is 0 Å². The first-order valence-electron chi connectivity index (χ1n) is 7.23. The SMILES string of the molecule is COc1ccc(CN)cc1COc1ccccc1C(C)C. The second-order valence-corrected chi connectivity index (χ2v) is 5.33. The molecule has 2 rings (SSSR count). The van der Waals surface area contributed by atoms with Gasteiger partial charge >= 0.3 is 0 Å². The van der Waals surface area contributed by atoms with E-state index in [-0.39, 0.29) is 0 Å². The summed E-state index contributed by atoms with van der Waals surface area (Å²) < 4.78 is 11.4. The maximum absolute atomic E-state index is 6.01. The molecule has 0 aliphatic carbocycles. The van der Waals surface area contributed by atoms with Gasteiger partial charge in [-0.05, 0) is 35.2 Å². The molecule has 0 heterocycles. The van der Waals surface area contributed by atoms with Gasteiger partial charge in [0.25, 0.3) is 0 Å². The van der Waals surface area contributed by atoms with Gasteiger partial charge in [0.15, 0.2) is 0 Å². The lowest BCUT2D eigenvalue weighted by atomic mass is 10.0. The molecule has 2 N–H and O–H groups in total. The summed E-state index contributed by atoms with van der Waals surface area (Å²) in [7, 11) is 1.67. The Morgan fingerprint density at radius 3 is 2.48 bits per heavy atom. The van der Waals surface area contributed by atoms with Crippen molar-refractivity contribution in [3.63, 3.8) is 0 Å². The van der Waals surface area contributed by atoms with Crippen molar-refractivity contribution in [2.24, 2.45) is 5.73 Å². The molecule has 0 saturated carbocycles. The number of hydrogen-bond acceptors (Lipinski definition) is 3. The molecular weight excluding hydrogens is 262 g/mol. The number of hydrogen-bond donors (Lipinski definition) is 1. The van der Waals surface area contributed by atoms with Crippen LogP contribution in [-0.4, -0.2) is 7.11 Å². The van der Waals surface area contributed by atoms with Crippen LogP contribution in [0, 0.1) is 0 Å². The molecule has 21 heavy (non-hydrogen) atoms. The summed E-state index contributed by atoms with van der Waals surface area (Å²) >= 11 is 0. The summed E-state index contributed by atoms with van der Waals surface area (Å²) in [5.41, 5.74) is 9.00. The fourth-order valence-electron chi connectivity index (χ4n) is 2.32. The summed E-state index contributed by atoms with van der Waals surface area (Å²) in [6, 6.07) is 14.1. The Labute approximate surface area is 126 Å². The second kappa shape index (κ2) is 7.14. The zero-order valence-corrected chi connectivity index (χ0v) is 12.9. The molecule has 0 spiro atoms. The van der Waals surface area contributed by atoms with E-state index in [1.165, 1.54) is 5.56 Å². The number of methoxy groups -OCH3 is 1. The molecule has 0 aromatic heterocycles. The largest absolute Gasteiger partial charge is 0.496 e. The highest BCUT2D eigenvalue weighted by molar-refractivity contribution is 5.39. The van der Waals surface area contributed by atoms with Crippen LogP contribution in [-0.2, 0) is 13.2 Å². The van der Waals surface area contributed by atoms with Crippen molar-refractivity contribution in [3.05, 3.63) is 59.2 Å². The zero-order valence-electron chi connectivity index (χ0n) is 12.9. The molecule has 0 amide bonds. The van der Waals surface area contributed by atoms with Crippen LogP contribution in [0.4, 0.5) is 0 Å². The third-order valence-corrected chi connectivity index (χ3v) is 3.50. The Morgan fingerprint density at radius 2 is 1.81 bits per heavy atom. The van der Waals surface area contributed by atoms with E-state index in [1.54, 1.807) is 7.11 Å². The van der Waals surface area contributed by atoms with Crippen LogP contribution in [0.15, 0.2) is 42.5 Å². The molecule has 0 fully saturated rings. The zero-order chi connectivity index (χ0) is 15.2. The molecule has 0 atom stereocenters. The van der Waals surface area contributed by atoms with Gasteiger partial charge in [0, 0.05) is 12.1 Å². The number of rotatable bonds is 6. The monoisotopic (exact) mass is 285 g/mol. The Balaban J connectivity index is 2.20. The lowest BCUT2D eigenvalue weighted by Crippen LogP contribution is -2.04. The maximum atomic E-state index is 6.01. The number of para-hydroxylation sites is 1. The van der Waals surface area contributed by atoms with Crippen molar-refractivity contribution in [1.82, 2.24) is 0 Å². The summed E-state index contributed by atoms with van der Waals surface area (Å²) in [6.45, 7) is 5.32. The maximum Gasteiger partial charge on any atom is 0.125 e. The van der Waals surface area contributed by atoms with Crippen LogP contribution in [0.3, 0.4) is 0 Å². The predicted molar refractivity (Wildman–Crippen MR) is 85.7 cm³/mol. The molecule has 2 aromatic carbocycles. The normalized spacial score (nSPS) is 10.7. The van der Waals surface area contributed by atoms with E-state index in [9.17, 15) is 0 Å². The van der Waals surface area contributed by atoms with E-state index in [0.29, 0.717) is 19.1 Å². The molecule has 0 aliphatic rings. The van der Waals surface area contributed by atoms with Gasteiger partial charge in [0.1, 0.15) is 18.1 Å². The molecule has 3 nitrogen and oxygen atoms in total. The van der Waals surface area contributed by atoms with Gasteiger partial charge in [0.05, 0.1) is 7.11 Å². The quantitative estimate of drug-likeness (QED) is 0.876. The molecule has 2 aromatic rings. The highest BCUT2D eigenvalue weighted by atomic mass is 16.5. The Hall–Kier alpha value is -2.00.